The third-order valence-electron chi connectivity index (χ3n) is 6.74. The molecular weight excluding hydrogens is 409 g/mol. The van der Waals surface area contributed by atoms with Gasteiger partial charge in [-0.05, 0) is 37.1 Å². The van der Waals surface area contributed by atoms with Gasteiger partial charge in [-0.25, -0.2) is 0 Å². The van der Waals surface area contributed by atoms with Crippen LogP contribution in [0.3, 0.4) is 0 Å². The number of carbonyl (C=O) groups excluding carboxylic acids is 2. The molecule has 0 radical (unpaired) electrons. The number of hydrogen-bond acceptors (Lipinski definition) is 4. The van der Waals surface area contributed by atoms with Gasteiger partial charge < -0.3 is 9.80 Å². The molecule has 9 heteroatoms. The molecule has 2 heterocycles. The van der Waals surface area contributed by atoms with Gasteiger partial charge in [-0.2, -0.15) is 13.2 Å². The van der Waals surface area contributed by atoms with E-state index >= 15 is 0 Å². The van der Waals surface area contributed by atoms with Crippen molar-refractivity contribution in [2.24, 2.45) is 0 Å². The average Bonchev–Trinajstić information content (AvgIpc) is 2.72. The molecule has 2 aliphatic heterocycles. The Bertz CT molecular complexity index is 779. The second-order valence-corrected chi connectivity index (χ2v) is 8.64. The minimum Gasteiger partial charge on any atom is -0.339 e. The Morgan fingerprint density at radius 3 is 1.94 bits per heavy atom. The number of benzene rings is 1. The molecule has 0 aromatic heterocycles. The fourth-order valence-electron chi connectivity index (χ4n) is 4.47. The van der Waals surface area contributed by atoms with Crippen molar-refractivity contribution in [1.29, 1.82) is 0 Å². The summed E-state index contributed by atoms with van der Waals surface area (Å²) >= 11 is 0. The van der Waals surface area contributed by atoms with Crippen molar-refractivity contribution in [2.75, 3.05) is 58.9 Å². The molecule has 3 aliphatic rings. The van der Waals surface area contributed by atoms with Gasteiger partial charge in [0.2, 0.25) is 5.91 Å². The first-order valence-corrected chi connectivity index (χ1v) is 11.0. The maximum atomic E-state index is 12.7. The summed E-state index contributed by atoms with van der Waals surface area (Å²) in [4.78, 5) is 33.4. The molecule has 3 fully saturated rings. The summed E-state index contributed by atoms with van der Waals surface area (Å²) in [5, 5.41) is 0. The summed E-state index contributed by atoms with van der Waals surface area (Å²) in [6.07, 6.45) is -0.534. The van der Waals surface area contributed by atoms with Gasteiger partial charge in [0.15, 0.2) is 0 Å². The van der Waals surface area contributed by atoms with Gasteiger partial charge in [0, 0.05) is 64.0 Å². The van der Waals surface area contributed by atoms with Crippen LogP contribution in [0.15, 0.2) is 24.3 Å². The van der Waals surface area contributed by atoms with Crippen molar-refractivity contribution in [1.82, 2.24) is 19.6 Å². The predicted octanol–water partition coefficient (Wildman–Crippen LogP) is 2.16. The smallest absolute Gasteiger partial charge is 0.339 e. The molecule has 1 aliphatic carbocycles. The van der Waals surface area contributed by atoms with Gasteiger partial charge in [0.1, 0.15) is 0 Å². The van der Waals surface area contributed by atoms with E-state index in [0.717, 1.165) is 38.3 Å². The van der Waals surface area contributed by atoms with Crippen LogP contribution < -0.4 is 0 Å². The number of hydrogen-bond donors (Lipinski definition) is 0. The number of carbonyl (C=O) groups is 2. The lowest BCUT2D eigenvalue weighted by Crippen LogP contribution is -2.56. The Morgan fingerprint density at radius 2 is 1.42 bits per heavy atom. The largest absolute Gasteiger partial charge is 0.416 e. The Kier molecular flexibility index (Phi) is 6.52. The molecule has 0 atom stereocenters. The van der Waals surface area contributed by atoms with Gasteiger partial charge >= 0.3 is 6.18 Å². The van der Waals surface area contributed by atoms with Gasteiger partial charge in [0.25, 0.3) is 5.91 Å². The summed E-state index contributed by atoms with van der Waals surface area (Å²) in [6, 6.07) is 5.04. The minimum atomic E-state index is -4.41. The highest BCUT2D eigenvalue weighted by Crippen LogP contribution is 2.29. The van der Waals surface area contributed by atoms with Crippen molar-refractivity contribution in [2.45, 2.75) is 31.5 Å². The van der Waals surface area contributed by atoms with Crippen molar-refractivity contribution < 1.29 is 22.8 Å². The maximum absolute atomic E-state index is 12.7. The molecule has 0 bridgehead atoms. The van der Waals surface area contributed by atoms with E-state index in [1.807, 2.05) is 4.90 Å². The van der Waals surface area contributed by atoms with Crippen molar-refractivity contribution in [3.8, 4) is 0 Å². The van der Waals surface area contributed by atoms with Crippen LogP contribution in [0.25, 0.3) is 0 Å². The highest BCUT2D eigenvalue weighted by molar-refractivity contribution is 5.94. The number of piperazine rings is 2. The lowest BCUT2D eigenvalue weighted by Gasteiger charge is -2.43. The monoisotopic (exact) mass is 438 g/mol. The molecule has 0 unspecified atom stereocenters. The number of halogens is 3. The normalized spacial score (nSPS) is 21.8. The van der Waals surface area contributed by atoms with E-state index in [1.54, 1.807) is 4.90 Å². The lowest BCUT2D eigenvalue weighted by molar-refractivity contribution is -0.137. The van der Waals surface area contributed by atoms with E-state index in [0.29, 0.717) is 38.8 Å². The van der Waals surface area contributed by atoms with Crippen LogP contribution in [-0.4, -0.2) is 96.4 Å². The first-order chi connectivity index (χ1) is 14.8. The second-order valence-electron chi connectivity index (χ2n) is 8.64. The minimum absolute atomic E-state index is 0.135. The van der Waals surface area contributed by atoms with Crippen LogP contribution in [0.2, 0.25) is 0 Å². The van der Waals surface area contributed by atoms with E-state index in [2.05, 4.69) is 9.80 Å². The van der Waals surface area contributed by atoms with Crippen LogP contribution in [0.4, 0.5) is 13.2 Å². The van der Waals surface area contributed by atoms with Gasteiger partial charge in [-0.15, -0.1) is 0 Å². The molecule has 2 amide bonds. The van der Waals surface area contributed by atoms with Gasteiger partial charge in [-0.3, -0.25) is 19.4 Å². The van der Waals surface area contributed by atoms with Gasteiger partial charge in [0.05, 0.1) is 12.1 Å². The number of alkyl halides is 3. The molecule has 1 saturated carbocycles. The zero-order valence-electron chi connectivity index (χ0n) is 17.6. The molecule has 1 aromatic rings. The zero-order valence-corrected chi connectivity index (χ0v) is 17.6. The molecule has 0 spiro atoms. The quantitative estimate of drug-likeness (QED) is 0.723. The topological polar surface area (TPSA) is 47.1 Å². The third kappa shape index (κ3) is 5.20. The molecule has 31 heavy (non-hydrogen) atoms. The van der Waals surface area contributed by atoms with E-state index in [4.69, 9.17) is 0 Å². The molecule has 0 N–H and O–H groups in total. The van der Waals surface area contributed by atoms with Crippen molar-refractivity contribution in [3.05, 3.63) is 35.4 Å². The number of rotatable bonds is 4. The molecule has 2 saturated heterocycles. The second kappa shape index (κ2) is 9.16. The zero-order chi connectivity index (χ0) is 22.0. The SMILES string of the molecule is O=C(CN1CCN(C(=O)c2ccc(C(F)(F)F)cc2)CC1)N1CCN(C2CCC2)CC1. The van der Waals surface area contributed by atoms with Crippen molar-refractivity contribution >= 4 is 11.8 Å². The maximum Gasteiger partial charge on any atom is 0.416 e. The number of nitrogens with zero attached hydrogens (tertiary/aromatic N) is 4. The third-order valence-corrected chi connectivity index (χ3v) is 6.74. The summed E-state index contributed by atoms with van der Waals surface area (Å²) in [7, 11) is 0. The Balaban J connectivity index is 1.21. The highest BCUT2D eigenvalue weighted by Gasteiger charge is 2.32. The lowest BCUT2D eigenvalue weighted by atomic mass is 9.91. The van der Waals surface area contributed by atoms with E-state index < -0.39 is 11.7 Å². The van der Waals surface area contributed by atoms with Crippen LogP contribution >= 0.6 is 0 Å². The first kappa shape index (κ1) is 22.1. The number of amides is 2. The molecule has 1 aromatic carbocycles. The van der Waals surface area contributed by atoms with E-state index in [-0.39, 0.29) is 17.4 Å². The van der Waals surface area contributed by atoms with E-state index in [1.165, 1.54) is 31.4 Å². The van der Waals surface area contributed by atoms with Crippen molar-refractivity contribution in [3.63, 3.8) is 0 Å². The summed E-state index contributed by atoms with van der Waals surface area (Å²) in [5.41, 5.74) is -0.511. The average molecular weight is 438 g/mol. The van der Waals surface area contributed by atoms with Crippen LogP contribution in [0.5, 0.6) is 0 Å². The summed E-state index contributed by atoms with van der Waals surface area (Å²) < 4.78 is 38.1. The predicted molar refractivity (Wildman–Crippen MR) is 110 cm³/mol. The molecular formula is C22H29F3N4O2. The van der Waals surface area contributed by atoms with Crippen LogP contribution in [0.1, 0.15) is 35.2 Å². The molecule has 170 valence electrons. The highest BCUT2D eigenvalue weighted by atomic mass is 19.4. The van der Waals surface area contributed by atoms with Crippen LogP contribution in [0, 0.1) is 0 Å². The first-order valence-electron chi connectivity index (χ1n) is 11.0. The summed E-state index contributed by atoms with van der Waals surface area (Å²) in [6.45, 7) is 5.90. The van der Waals surface area contributed by atoms with E-state index in [9.17, 15) is 22.8 Å². The standard InChI is InChI=1S/C22H29F3N4O2/c23-22(24,25)18-6-4-17(5-7-18)21(31)29-10-8-26(9-11-29)16-20(30)28-14-12-27(13-15-28)19-2-1-3-19/h4-7,19H,1-3,8-16H2. The molecule has 4 rings (SSSR count). The molecule has 6 nitrogen and oxygen atoms in total. The Morgan fingerprint density at radius 1 is 0.839 bits per heavy atom. The summed E-state index contributed by atoms with van der Waals surface area (Å²) in [5.74, 6) is -0.136. The fourth-order valence-corrected chi connectivity index (χ4v) is 4.47. The Hall–Kier alpha value is -2.13. The van der Waals surface area contributed by atoms with Gasteiger partial charge in [-0.1, -0.05) is 6.42 Å². The Labute approximate surface area is 180 Å². The fraction of sp³-hybridized carbons (Fsp3) is 0.636. The van der Waals surface area contributed by atoms with Crippen LogP contribution in [-0.2, 0) is 11.0 Å².